The summed E-state index contributed by atoms with van der Waals surface area (Å²) in [5.41, 5.74) is 0. The van der Waals surface area contributed by atoms with E-state index >= 15 is 0 Å². The lowest BCUT2D eigenvalue weighted by molar-refractivity contribution is -0.382. The number of phosphoric acid groups is 1. The highest BCUT2D eigenvalue weighted by molar-refractivity contribution is 7.45. The maximum Gasteiger partial charge on any atom is 0.407 e. The maximum atomic E-state index is 11.7. The molecule has 8 nitrogen and oxygen atoms in total. The van der Waals surface area contributed by atoms with Crippen molar-refractivity contribution in [3.63, 3.8) is 0 Å². The first-order chi connectivity index (χ1) is 16.0. The number of amides is 1. The predicted octanol–water partition coefficient (Wildman–Crippen LogP) is 5.42. The number of nitrogens with one attached hydrogen (secondary N) is 2. The van der Waals surface area contributed by atoms with Crippen LogP contribution in [-0.2, 0) is 24.8 Å². The van der Waals surface area contributed by atoms with Crippen molar-refractivity contribution < 1.29 is 33.0 Å². The summed E-state index contributed by atoms with van der Waals surface area (Å²) in [7, 11) is -4.33. The number of hydrogen-bond acceptors (Lipinski definition) is 7. The summed E-state index contributed by atoms with van der Waals surface area (Å²) in [5, 5.41) is 5.52. The van der Waals surface area contributed by atoms with E-state index in [2.05, 4.69) is 17.2 Å². The molecule has 0 saturated heterocycles. The number of thiazole rings is 1. The van der Waals surface area contributed by atoms with Crippen LogP contribution in [-0.4, -0.2) is 32.5 Å². The monoisotopic (exact) mass is 506 g/mol. The molecule has 1 aromatic rings. The molecule has 0 bridgehead atoms. The lowest BCUT2D eigenvalue weighted by Gasteiger charge is -2.22. The zero-order valence-corrected chi connectivity index (χ0v) is 21.9. The molecule has 0 aliphatic rings. The Morgan fingerprint density at radius 1 is 0.939 bits per heavy atom. The summed E-state index contributed by atoms with van der Waals surface area (Å²) in [4.78, 5) is 26.3. The fourth-order valence-electron chi connectivity index (χ4n) is 3.30. The van der Waals surface area contributed by atoms with E-state index in [-0.39, 0.29) is 26.2 Å². The van der Waals surface area contributed by atoms with Gasteiger partial charge in [-0.2, -0.15) is 0 Å². The average Bonchev–Trinajstić information content (AvgIpc) is 3.30. The molecule has 1 rings (SSSR count). The fraction of sp³-hybridized carbons (Fsp3) is 0.826. The third-order valence-electron chi connectivity index (χ3n) is 5.17. The standard InChI is InChI=1S/C23H43N2O6PS/c1-2-3-4-5-6-7-8-9-10-11-12-13-16-25-23(26)29-18-14-19-30-32(27,28)31-20-15-22-24-17-21-33-22/h17,21H,2-16,18-20H2,1H3,(H,25,26)(H,27,28). The van der Waals surface area contributed by atoms with E-state index in [4.69, 9.17) is 13.8 Å². The van der Waals surface area contributed by atoms with Crippen LogP contribution < -0.4 is 15.2 Å². The Bertz CT molecular complexity index is 632. The molecule has 33 heavy (non-hydrogen) atoms. The summed E-state index contributed by atoms with van der Waals surface area (Å²) in [6.07, 6.45) is 17.4. The third kappa shape index (κ3) is 19.1. The average molecular weight is 507 g/mol. The molecule has 1 heterocycles. The first-order valence-electron chi connectivity index (χ1n) is 12.5. The Morgan fingerprint density at radius 2 is 1.55 bits per heavy atom. The van der Waals surface area contributed by atoms with Gasteiger partial charge in [0.1, 0.15) is 0 Å². The fourth-order valence-corrected chi connectivity index (χ4v) is 4.68. The van der Waals surface area contributed by atoms with Gasteiger partial charge in [-0.05, 0) is 6.42 Å². The van der Waals surface area contributed by atoms with Crippen molar-refractivity contribution >= 4 is 25.3 Å². The normalized spacial score (nSPS) is 13.0. The number of aromatic amines is 1. The van der Waals surface area contributed by atoms with E-state index in [0.29, 0.717) is 13.0 Å². The van der Waals surface area contributed by atoms with Crippen LogP contribution in [0.3, 0.4) is 0 Å². The molecule has 1 amide bonds. The van der Waals surface area contributed by atoms with Crippen LogP contribution >= 0.6 is 19.2 Å². The molecule has 0 aliphatic carbocycles. The van der Waals surface area contributed by atoms with Crippen LogP contribution in [0.25, 0.3) is 0 Å². The van der Waals surface area contributed by atoms with Crippen LogP contribution in [0.4, 0.5) is 4.79 Å². The molecule has 0 aromatic carbocycles. The van der Waals surface area contributed by atoms with E-state index < -0.39 is 13.9 Å². The number of carbonyl (C=O) groups excluding carboxylic acids is 1. The first kappa shape index (κ1) is 30.0. The molecule has 10 heteroatoms. The molecule has 0 saturated carbocycles. The summed E-state index contributed by atoms with van der Waals surface area (Å²) in [6, 6.07) is 0. The number of aromatic nitrogens is 1. The van der Waals surface area contributed by atoms with Gasteiger partial charge in [0, 0.05) is 13.0 Å². The number of unbranched alkanes of at least 4 members (excludes halogenated alkanes) is 11. The zero-order valence-electron chi connectivity index (χ0n) is 20.2. The quantitative estimate of drug-likeness (QED) is 0.166. The summed E-state index contributed by atoms with van der Waals surface area (Å²) in [6.45, 7) is 2.87. The molecule has 1 aromatic heterocycles. The Kier molecular flexibility index (Phi) is 18.6. The van der Waals surface area contributed by atoms with Gasteiger partial charge in [0.05, 0.1) is 31.6 Å². The lowest BCUT2D eigenvalue weighted by atomic mass is 10.1. The minimum Gasteiger partial charge on any atom is -0.756 e. The molecule has 0 radical (unpaired) electrons. The minimum atomic E-state index is -4.33. The number of hydrogen-bond donors (Lipinski definition) is 1. The van der Waals surface area contributed by atoms with Crippen LogP contribution in [0.15, 0.2) is 11.6 Å². The number of H-pyrrole nitrogens is 1. The third-order valence-corrected chi connectivity index (χ3v) is 7.05. The highest BCUT2D eigenvalue weighted by Gasteiger charge is 2.11. The largest absolute Gasteiger partial charge is 0.756 e. The van der Waals surface area contributed by atoms with Gasteiger partial charge in [-0.25, -0.2) is 9.78 Å². The summed E-state index contributed by atoms with van der Waals surface area (Å²) >= 11 is 1.49. The van der Waals surface area contributed by atoms with Gasteiger partial charge in [0.2, 0.25) is 5.01 Å². The van der Waals surface area contributed by atoms with Gasteiger partial charge in [0.15, 0.2) is 6.20 Å². The molecular weight excluding hydrogens is 463 g/mol. The minimum absolute atomic E-state index is 0.0236. The highest BCUT2D eigenvalue weighted by Crippen LogP contribution is 2.38. The Morgan fingerprint density at radius 3 is 2.15 bits per heavy atom. The van der Waals surface area contributed by atoms with Crippen LogP contribution in [0.2, 0.25) is 0 Å². The van der Waals surface area contributed by atoms with Crippen LogP contribution in [0, 0.1) is 0 Å². The smallest absolute Gasteiger partial charge is 0.407 e. The summed E-state index contributed by atoms with van der Waals surface area (Å²) < 4.78 is 26.3. The zero-order chi connectivity index (χ0) is 24.0. The number of ether oxygens (including phenoxy) is 1. The van der Waals surface area contributed by atoms with Crippen LogP contribution in [0.1, 0.15) is 95.4 Å². The number of phosphoric ester groups is 1. The van der Waals surface area contributed by atoms with E-state index in [1.165, 1.54) is 75.5 Å². The van der Waals surface area contributed by atoms with E-state index in [1.54, 1.807) is 6.20 Å². The first-order valence-corrected chi connectivity index (χ1v) is 14.8. The van der Waals surface area contributed by atoms with Gasteiger partial charge < -0.3 is 24.0 Å². The Labute approximate surface area is 203 Å². The Balaban J connectivity index is 1.84. The maximum absolute atomic E-state index is 11.7. The van der Waals surface area contributed by atoms with Gasteiger partial charge in [-0.1, -0.05) is 88.9 Å². The second kappa shape index (κ2) is 20.4. The molecule has 0 spiro atoms. The molecule has 2 N–H and O–H groups in total. The van der Waals surface area contributed by atoms with Gasteiger partial charge >= 0.3 is 6.09 Å². The molecule has 0 aliphatic heterocycles. The van der Waals surface area contributed by atoms with Crippen LogP contribution in [0.5, 0.6) is 0 Å². The van der Waals surface area contributed by atoms with E-state index in [0.717, 1.165) is 17.8 Å². The lowest BCUT2D eigenvalue weighted by Crippen LogP contribution is -2.26. The summed E-state index contributed by atoms with van der Waals surface area (Å²) in [5.74, 6) is 0. The van der Waals surface area contributed by atoms with Crippen molar-refractivity contribution in [2.24, 2.45) is 0 Å². The van der Waals surface area contributed by atoms with Gasteiger partial charge in [-0.15, -0.1) is 0 Å². The van der Waals surface area contributed by atoms with E-state index in [9.17, 15) is 14.3 Å². The van der Waals surface area contributed by atoms with Crippen molar-refractivity contribution in [2.75, 3.05) is 26.4 Å². The number of rotatable bonds is 22. The van der Waals surface area contributed by atoms with Crippen molar-refractivity contribution in [1.29, 1.82) is 0 Å². The van der Waals surface area contributed by atoms with Crippen molar-refractivity contribution in [3.05, 3.63) is 16.6 Å². The van der Waals surface area contributed by atoms with E-state index in [1.807, 2.05) is 5.38 Å². The van der Waals surface area contributed by atoms with Crippen molar-refractivity contribution in [2.45, 2.75) is 96.8 Å². The predicted molar refractivity (Wildman–Crippen MR) is 129 cm³/mol. The SMILES string of the molecule is CCCCCCCCCCCCCCNC(=O)OCCCOP(=O)([O-])OCCc1[nH+]ccs1. The molecule has 1 unspecified atom stereocenters. The molecule has 0 fully saturated rings. The Hall–Kier alpha value is -0.990. The number of carbonyl (C=O) groups is 1. The topological polar surface area (TPSA) is 111 Å². The van der Waals surface area contributed by atoms with Gasteiger partial charge in [-0.3, -0.25) is 4.57 Å². The molecule has 1 atom stereocenters. The number of alkyl carbamates (subject to hydrolysis) is 1. The highest BCUT2D eigenvalue weighted by atomic mass is 32.1. The van der Waals surface area contributed by atoms with Gasteiger partial charge in [0.25, 0.3) is 7.82 Å². The van der Waals surface area contributed by atoms with Crippen molar-refractivity contribution in [1.82, 2.24) is 5.32 Å². The second-order valence-corrected chi connectivity index (χ2v) is 10.6. The molecule has 192 valence electrons. The van der Waals surface area contributed by atoms with Crippen molar-refractivity contribution in [3.8, 4) is 0 Å². The molecular formula is C23H43N2O6PS. The second-order valence-electron chi connectivity index (χ2n) is 8.16.